The molecule has 0 fully saturated rings. The third-order valence-corrected chi connectivity index (χ3v) is 3.86. The molecule has 0 radical (unpaired) electrons. The van der Waals surface area contributed by atoms with Crippen LogP contribution in [0.15, 0.2) is 28.7 Å². The van der Waals surface area contributed by atoms with E-state index in [0.29, 0.717) is 28.1 Å². The van der Waals surface area contributed by atoms with Gasteiger partial charge in [0.25, 0.3) is 0 Å². The van der Waals surface area contributed by atoms with Crippen molar-refractivity contribution in [1.82, 2.24) is 14.9 Å². The quantitative estimate of drug-likeness (QED) is 0.746. The van der Waals surface area contributed by atoms with Crippen LogP contribution in [0, 0.1) is 0 Å². The number of hydrogen-bond acceptors (Lipinski definition) is 3. The van der Waals surface area contributed by atoms with Gasteiger partial charge in [0.15, 0.2) is 0 Å². The fourth-order valence-electron chi connectivity index (χ4n) is 1.74. The molecule has 0 spiro atoms. The minimum absolute atomic E-state index is 0.390. The minimum Gasteiger partial charge on any atom is -0.309 e. The maximum absolute atomic E-state index is 6.26. The van der Waals surface area contributed by atoms with E-state index in [2.05, 4.69) is 30.8 Å². The van der Waals surface area contributed by atoms with E-state index in [-0.39, 0.29) is 0 Å². The Labute approximate surface area is 137 Å². The zero-order valence-corrected chi connectivity index (χ0v) is 14.3. The lowest BCUT2D eigenvalue weighted by Crippen LogP contribution is -2.16. The van der Waals surface area contributed by atoms with Gasteiger partial charge in [0.05, 0.1) is 5.56 Å². The third kappa shape index (κ3) is 3.92. The van der Waals surface area contributed by atoms with Gasteiger partial charge in [-0.3, -0.25) is 0 Å². The third-order valence-electron chi connectivity index (χ3n) is 2.78. The van der Waals surface area contributed by atoms with Crippen molar-refractivity contribution in [3.05, 3.63) is 44.9 Å². The van der Waals surface area contributed by atoms with Gasteiger partial charge in [-0.2, -0.15) is 0 Å². The summed E-state index contributed by atoms with van der Waals surface area (Å²) in [5, 5.41) is 0.780. The number of hydrogen-bond donors (Lipinski definition) is 0. The second-order valence-electron chi connectivity index (χ2n) is 4.66. The summed E-state index contributed by atoms with van der Waals surface area (Å²) in [6.07, 6.45) is 0.715. The monoisotopic (exact) mass is 373 g/mol. The molecule has 1 heterocycles. The van der Waals surface area contributed by atoms with Crippen LogP contribution in [0.25, 0.3) is 11.1 Å². The Hall–Kier alpha value is -0.680. The molecular formula is C14H14BrCl2N3. The van der Waals surface area contributed by atoms with E-state index in [0.717, 1.165) is 16.6 Å². The lowest BCUT2D eigenvalue weighted by Gasteiger charge is -2.11. The van der Waals surface area contributed by atoms with Crippen LogP contribution in [-0.2, 0) is 6.42 Å². The number of nitrogens with zero attached hydrogens (tertiary/aromatic N) is 3. The van der Waals surface area contributed by atoms with Crippen LogP contribution in [0.5, 0.6) is 0 Å². The van der Waals surface area contributed by atoms with Crippen LogP contribution in [0.1, 0.15) is 5.82 Å². The summed E-state index contributed by atoms with van der Waals surface area (Å²) in [6.45, 7) is 0.851. The highest BCUT2D eigenvalue weighted by Gasteiger charge is 2.13. The van der Waals surface area contributed by atoms with E-state index in [9.17, 15) is 0 Å². The molecule has 0 aliphatic rings. The average Bonchev–Trinajstić information content (AvgIpc) is 2.38. The first-order valence-electron chi connectivity index (χ1n) is 6.10. The first kappa shape index (κ1) is 15.7. The molecule has 0 unspecified atom stereocenters. The smallest absolute Gasteiger partial charge is 0.142 e. The first-order valence-corrected chi connectivity index (χ1v) is 7.65. The maximum Gasteiger partial charge on any atom is 0.142 e. The summed E-state index contributed by atoms with van der Waals surface area (Å²) in [6, 6.07) is 7.73. The van der Waals surface area contributed by atoms with Gasteiger partial charge in [-0.1, -0.05) is 51.3 Å². The van der Waals surface area contributed by atoms with Crippen molar-refractivity contribution in [1.29, 1.82) is 0 Å². The summed E-state index contributed by atoms with van der Waals surface area (Å²) < 4.78 is 0.997. The van der Waals surface area contributed by atoms with Crippen molar-refractivity contribution in [2.75, 3.05) is 20.6 Å². The number of likely N-dealkylation sites (N-methyl/N-ethyl adjacent to an activating group) is 1. The summed E-state index contributed by atoms with van der Waals surface area (Å²) in [5.41, 5.74) is 1.58. The standard InChI is InChI=1S/C14H14BrCl2N3/c1-20(2)8-7-11-18-13(16)12(14(17)19-11)9-3-5-10(15)6-4-9/h3-6H,7-8H2,1-2H3. The Bertz CT molecular complexity index is 577. The largest absolute Gasteiger partial charge is 0.309 e. The molecule has 6 heteroatoms. The van der Waals surface area contributed by atoms with Crippen LogP contribution in [0.2, 0.25) is 10.3 Å². The molecule has 0 aliphatic carbocycles. The molecule has 0 amide bonds. The molecule has 106 valence electrons. The molecular weight excluding hydrogens is 361 g/mol. The highest BCUT2D eigenvalue weighted by Crippen LogP contribution is 2.33. The molecule has 2 aromatic rings. The Kier molecular flexibility index (Phi) is 5.38. The van der Waals surface area contributed by atoms with Crippen LogP contribution in [0.4, 0.5) is 0 Å². The first-order chi connectivity index (χ1) is 9.47. The molecule has 0 N–H and O–H groups in total. The van der Waals surface area contributed by atoms with E-state index in [1.54, 1.807) is 0 Å². The lowest BCUT2D eigenvalue weighted by molar-refractivity contribution is 0.409. The van der Waals surface area contributed by atoms with Gasteiger partial charge in [0.1, 0.15) is 16.1 Å². The van der Waals surface area contributed by atoms with Crippen LogP contribution < -0.4 is 0 Å². The molecule has 3 nitrogen and oxygen atoms in total. The zero-order chi connectivity index (χ0) is 14.7. The second-order valence-corrected chi connectivity index (χ2v) is 6.29. The number of benzene rings is 1. The summed E-state index contributed by atoms with van der Waals surface area (Å²) in [5.74, 6) is 0.662. The van der Waals surface area contributed by atoms with E-state index >= 15 is 0 Å². The summed E-state index contributed by atoms with van der Waals surface area (Å²) >= 11 is 15.9. The highest BCUT2D eigenvalue weighted by molar-refractivity contribution is 9.10. The van der Waals surface area contributed by atoms with Gasteiger partial charge in [-0.25, -0.2) is 9.97 Å². The van der Waals surface area contributed by atoms with E-state index in [1.807, 2.05) is 38.4 Å². The lowest BCUT2D eigenvalue weighted by atomic mass is 10.1. The van der Waals surface area contributed by atoms with Crippen molar-refractivity contribution >= 4 is 39.1 Å². The predicted octanol–water partition coefficient (Wildman–Crippen LogP) is 4.32. The molecule has 0 saturated carbocycles. The molecule has 0 aliphatic heterocycles. The van der Waals surface area contributed by atoms with Gasteiger partial charge in [-0.15, -0.1) is 0 Å². The molecule has 1 aromatic carbocycles. The normalized spacial score (nSPS) is 11.1. The topological polar surface area (TPSA) is 29.0 Å². The fourth-order valence-corrected chi connectivity index (χ4v) is 2.64. The Morgan fingerprint density at radius 2 is 1.60 bits per heavy atom. The molecule has 2 rings (SSSR count). The molecule has 0 saturated heterocycles. The van der Waals surface area contributed by atoms with Gasteiger partial charge < -0.3 is 4.90 Å². The van der Waals surface area contributed by atoms with Crippen molar-refractivity contribution in [3.63, 3.8) is 0 Å². The molecule has 20 heavy (non-hydrogen) atoms. The second kappa shape index (κ2) is 6.85. The van der Waals surface area contributed by atoms with Gasteiger partial charge in [-0.05, 0) is 31.8 Å². The van der Waals surface area contributed by atoms with Crippen LogP contribution in [-0.4, -0.2) is 35.5 Å². The zero-order valence-electron chi connectivity index (χ0n) is 11.2. The summed E-state index contributed by atoms with van der Waals surface area (Å²) in [7, 11) is 4.00. The number of aromatic nitrogens is 2. The van der Waals surface area contributed by atoms with E-state index in [1.165, 1.54) is 0 Å². The SMILES string of the molecule is CN(C)CCc1nc(Cl)c(-c2ccc(Br)cc2)c(Cl)n1. The Morgan fingerprint density at radius 1 is 1.05 bits per heavy atom. The number of rotatable bonds is 4. The molecule has 1 aromatic heterocycles. The van der Waals surface area contributed by atoms with Crippen LogP contribution in [0.3, 0.4) is 0 Å². The van der Waals surface area contributed by atoms with Crippen molar-refractivity contribution in [2.45, 2.75) is 6.42 Å². The predicted molar refractivity (Wildman–Crippen MR) is 87.4 cm³/mol. The Balaban J connectivity index is 2.33. The fraction of sp³-hybridized carbons (Fsp3) is 0.286. The van der Waals surface area contributed by atoms with E-state index in [4.69, 9.17) is 23.2 Å². The average molecular weight is 375 g/mol. The van der Waals surface area contributed by atoms with Crippen molar-refractivity contribution in [2.24, 2.45) is 0 Å². The minimum atomic E-state index is 0.390. The van der Waals surface area contributed by atoms with Gasteiger partial charge >= 0.3 is 0 Å². The Morgan fingerprint density at radius 3 is 2.10 bits per heavy atom. The van der Waals surface area contributed by atoms with Gasteiger partial charge in [0.2, 0.25) is 0 Å². The summed E-state index contributed by atoms with van der Waals surface area (Å²) in [4.78, 5) is 10.7. The maximum atomic E-state index is 6.26. The van der Waals surface area contributed by atoms with E-state index < -0.39 is 0 Å². The highest BCUT2D eigenvalue weighted by atomic mass is 79.9. The van der Waals surface area contributed by atoms with Gasteiger partial charge in [0, 0.05) is 17.4 Å². The molecule has 0 atom stereocenters. The van der Waals surface area contributed by atoms with Crippen molar-refractivity contribution in [3.8, 4) is 11.1 Å². The van der Waals surface area contributed by atoms with Crippen LogP contribution >= 0.6 is 39.1 Å². The van der Waals surface area contributed by atoms with Crippen molar-refractivity contribution < 1.29 is 0 Å². The molecule has 0 bridgehead atoms. The number of halogens is 3.